The number of hydrogen-bond acceptors (Lipinski definition) is 2. The summed E-state index contributed by atoms with van der Waals surface area (Å²) >= 11 is 0. The molecule has 1 aliphatic rings. The van der Waals surface area contributed by atoms with Crippen LogP contribution in [0.15, 0.2) is 91.0 Å². The number of nitrogens with zero attached hydrogens (tertiary/aromatic N) is 1. The van der Waals surface area contributed by atoms with E-state index >= 15 is 0 Å². The Morgan fingerprint density at radius 1 is 0.724 bits per heavy atom. The zero-order chi connectivity index (χ0) is 19.9. The van der Waals surface area contributed by atoms with E-state index in [9.17, 15) is 4.79 Å². The summed E-state index contributed by atoms with van der Waals surface area (Å²) in [6, 6.07) is 32.0. The summed E-state index contributed by atoms with van der Waals surface area (Å²) in [5, 5.41) is 0. The zero-order valence-electron chi connectivity index (χ0n) is 16.9. The summed E-state index contributed by atoms with van der Waals surface area (Å²) in [7, 11) is 0. The van der Waals surface area contributed by atoms with Gasteiger partial charge in [-0.25, -0.2) is 0 Å². The van der Waals surface area contributed by atoms with E-state index in [1.54, 1.807) is 0 Å². The average Bonchev–Trinajstić information content (AvgIpc) is 2.77. The van der Waals surface area contributed by atoms with Gasteiger partial charge in [0.15, 0.2) is 0 Å². The van der Waals surface area contributed by atoms with Gasteiger partial charge in [-0.2, -0.15) is 0 Å². The van der Waals surface area contributed by atoms with Crippen molar-refractivity contribution in [1.82, 2.24) is 4.90 Å². The predicted octanol–water partition coefficient (Wildman–Crippen LogP) is 6.19. The number of rotatable bonds is 7. The van der Waals surface area contributed by atoms with E-state index in [1.807, 2.05) is 0 Å². The van der Waals surface area contributed by atoms with Crippen LogP contribution in [0, 0.1) is 5.92 Å². The summed E-state index contributed by atoms with van der Waals surface area (Å²) in [5.41, 5.74) is 3.82. The molecule has 1 fully saturated rings. The normalized spacial score (nSPS) is 18.0. The molecule has 4 rings (SSSR count). The van der Waals surface area contributed by atoms with E-state index in [0.29, 0.717) is 5.78 Å². The lowest BCUT2D eigenvalue weighted by atomic mass is 9.79. The molecule has 0 radical (unpaired) electrons. The third-order valence-corrected chi connectivity index (χ3v) is 5.97. The minimum atomic E-state index is 0.0681. The molecule has 148 valence electrons. The molecule has 0 N–H and O–H groups in total. The van der Waals surface area contributed by atoms with Crippen molar-refractivity contribution in [3.8, 4) is 0 Å². The van der Waals surface area contributed by atoms with E-state index in [1.165, 1.54) is 16.7 Å². The van der Waals surface area contributed by atoms with Crippen LogP contribution in [0.3, 0.4) is 0 Å². The van der Waals surface area contributed by atoms with Crippen molar-refractivity contribution < 1.29 is 4.79 Å². The van der Waals surface area contributed by atoms with E-state index in [2.05, 4.69) is 95.9 Å². The molecule has 3 aromatic carbocycles. The van der Waals surface area contributed by atoms with Gasteiger partial charge in [0.25, 0.3) is 0 Å². The number of ketones is 1. The van der Waals surface area contributed by atoms with Crippen LogP contribution < -0.4 is 0 Å². The molecule has 2 unspecified atom stereocenters. The maximum Gasteiger partial charge on any atom is 0.137 e. The van der Waals surface area contributed by atoms with Crippen molar-refractivity contribution in [1.29, 1.82) is 0 Å². The first-order valence-electron chi connectivity index (χ1n) is 10.7. The number of Topliss-reactive ketones (excluding diaryl/α,β-unsaturated/α-hetero) is 1. The Bertz CT molecular complexity index is 850. The molecule has 0 bridgehead atoms. The Hall–Kier alpha value is -2.71. The number of carbonyl (C=O) groups excluding carboxylic acids is 1. The van der Waals surface area contributed by atoms with Gasteiger partial charge in [0.1, 0.15) is 5.78 Å². The highest BCUT2D eigenvalue weighted by atomic mass is 16.1. The lowest BCUT2D eigenvalue weighted by molar-refractivity contribution is -0.127. The van der Waals surface area contributed by atoms with Crippen molar-refractivity contribution in [2.75, 3.05) is 0 Å². The molecule has 2 heteroatoms. The monoisotopic (exact) mass is 383 g/mol. The second-order valence-electron chi connectivity index (χ2n) is 8.05. The first kappa shape index (κ1) is 19.6. The van der Waals surface area contributed by atoms with Gasteiger partial charge in [0, 0.05) is 31.5 Å². The van der Waals surface area contributed by atoms with E-state index in [0.717, 1.165) is 38.8 Å². The summed E-state index contributed by atoms with van der Waals surface area (Å²) in [6.07, 6.45) is 3.88. The zero-order valence-corrected chi connectivity index (χ0v) is 16.9. The summed E-state index contributed by atoms with van der Waals surface area (Å²) in [5.74, 6) is 0.495. The van der Waals surface area contributed by atoms with Crippen molar-refractivity contribution in [2.45, 2.75) is 44.8 Å². The Balaban J connectivity index is 1.72. The van der Waals surface area contributed by atoms with Gasteiger partial charge in [-0.15, -0.1) is 0 Å². The van der Waals surface area contributed by atoms with Crippen LogP contribution in [0.2, 0.25) is 0 Å². The fraction of sp³-hybridized carbons (Fsp3) is 0.296. The molecule has 0 spiro atoms. The molecular formula is C27H29NO. The fourth-order valence-corrected chi connectivity index (χ4v) is 4.58. The second-order valence-corrected chi connectivity index (χ2v) is 8.05. The molecule has 1 saturated carbocycles. The van der Waals surface area contributed by atoms with Gasteiger partial charge in [-0.3, -0.25) is 9.69 Å². The lowest BCUT2D eigenvalue weighted by Crippen LogP contribution is -2.37. The quantitative estimate of drug-likeness (QED) is 0.485. The van der Waals surface area contributed by atoms with Crippen LogP contribution in [0.1, 0.15) is 48.4 Å². The molecule has 0 heterocycles. The minimum absolute atomic E-state index is 0.0681. The van der Waals surface area contributed by atoms with Crippen LogP contribution >= 0.6 is 0 Å². The van der Waals surface area contributed by atoms with Crippen LogP contribution in [0.5, 0.6) is 0 Å². The molecule has 0 amide bonds. The Morgan fingerprint density at radius 3 is 1.76 bits per heavy atom. The van der Waals surface area contributed by atoms with Gasteiger partial charge < -0.3 is 0 Å². The molecule has 0 aromatic heterocycles. The van der Waals surface area contributed by atoms with Gasteiger partial charge >= 0.3 is 0 Å². The Kier molecular flexibility index (Phi) is 6.53. The van der Waals surface area contributed by atoms with Gasteiger partial charge in [0.05, 0.1) is 0 Å². The molecular weight excluding hydrogens is 354 g/mol. The van der Waals surface area contributed by atoms with Crippen LogP contribution in [-0.2, 0) is 17.9 Å². The highest BCUT2D eigenvalue weighted by molar-refractivity contribution is 5.82. The standard InChI is InChI=1S/C27H29NO/c29-26-19-11-10-18-25(26)27(24-16-8-3-9-17-24)28(20-22-12-4-1-5-13-22)21-23-14-6-2-7-15-23/h1-9,12-17,25,27H,10-11,18-21H2. The first-order valence-corrected chi connectivity index (χ1v) is 10.7. The van der Waals surface area contributed by atoms with Crippen molar-refractivity contribution in [2.24, 2.45) is 5.92 Å². The predicted molar refractivity (Wildman–Crippen MR) is 118 cm³/mol. The number of carbonyl (C=O) groups is 1. The number of hydrogen-bond donors (Lipinski definition) is 0. The average molecular weight is 384 g/mol. The van der Waals surface area contributed by atoms with Gasteiger partial charge in [-0.05, 0) is 29.5 Å². The van der Waals surface area contributed by atoms with Crippen LogP contribution in [-0.4, -0.2) is 10.7 Å². The molecule has 1 aliphatic carbocycles. The fourth-order valence-electron chi connectivity index (χ4n) is 4.58. The third kappa shape index (κ3) is 5.02. The van der Waals surface area contributed by atoms with Gasteiger partial charge in [-0.1, -0.05) is 97.4 Å². The van der Waals surface area contributed by atoms with E-state index in [-0.39, 0.29) is 12.0 Å². The molecule has 29 heavy (non-hydrogen) atoms. The maximum atomic E-state index is 13.0. The molecule has 2 nitrogen and oxygen atoms in total. The molecule has 3 aromatic rings. The molecule has 2 atom stereocenters. The van der Waals surface area contributed by atoms with Crippen LogP contribution in [0.4, 0.5) is 0 Å². The molecule has 0 saturated heterocycles. The Labute approximate surface area is 174 Å². The van der Waals surface area contributed by atoms with Crippen LogP contribution in [0.25, 0.3) is 0 Å². The van der Waals surface area contributed by atoms with E-state index in [4.69, 9.17) is 0 Å². The SMILES string of the molecule is O=C1CCCCC1C(c1ccccc1)N(Cc1ccccc1)Cc1ccccc1. The van der Waals surface area contributed by atoms with Crippen molar-refractivity contribution in [3.63, 3.8) is 0 Å². The van der Waals surface area contributed by atoms with Gasteiger partial charge in [0.2, 0.25) is 0 Å². The minimum Gasteiger partial charge on any atom is -0.299 e. The van der Waals surface area contributed by atoms with E-state index < -0.39 is 0 Å². The smallest absolute Gasteiger partial charge is 0.137 e. The topological polar surface area (TPSA) is 20.3 Å². The summed E-state index contributed by atoms with van der Waals surface area (Å²) < 4.78 is 0. The molecule has 0 aliphatic heterocycles. The maximum absolute atomic E-state index is 13.0. The highest BCUT2D eigenvalue weighted by Gasteiger charge is 2.35. The summed E-state index contributed by atoms with van der Waals surface area (Å²) in [6.45, 7) is 1.66. The number of benzene rings is 3. The second kappa shape index (κ2) is 9.67. The van der Waals surface area contributed by atoms with Crippen molar-refractivity contribution in [3.05, 3.63) is 108 Å². The summed E-state index contributed by atoms with van der Waals surface area (Å²) in [4.78, 5) is 15.5. The first-order chi connectivity index (χ1) is 14.3. The lowest BCUT2D eigenvalue weighted by Gasteiger charge is -2.38. The Morgan fingerprint density at radius 2 is 1.24 bits per heavy atom. The highest BCUT2D eigenvalue weighted by Crippen LogP contribution is 2.38. The third-order valence-electron chi connectivity index (χ3n) is 5.97. The largest absolute Gasteiger partial charge is 0.299 e. The van der Waals surface area contributed by atoms with Crippen molar-refractivity contribution >= 4 is 5.78 Å².